The van der Waals surface area contributed by atoms with Crippen LogP contribution in [-0.4, -0.2) is 204 Å². The summed E-state index contributed by atoms with van der Waals surface area (Å²) in [5, 5.41) is 23.6. The molecule has 21 nitrogen and oxygen atoms in total. The van der Waals surface area contributed by atoms with Crippen LogP contribution in [-0.2, 0) is 60.6 Å². The Morgan fingerprint density at radius 2 is 1.53 bits per heavy atom. The van der Waals surface area contributed by atoms with Gasteiger partial charge in [-0.3, -0.25) is 19.2 Å². The molecule has 374 valence electrons. The van der Waals surface area contributed by atoms with Crippen molar-refractivity contribution >= 4 is 41.4 Å². The van der Waals surface area contributed by atoms with Crippen LogP contribution in [0.2, 0.25) is 0 Å². The van der Waals surface area contributed by atoms with Gasteiger partial charge in [-0.2, -0.15) is 11.8 Å². The highest BCUT2D eigenvalue weighted by Gasteiger charge is 2.42. The lowest BCUT2D eigenvalue weighted by Crippen LogP contribution is -2.44. The lowest BCUT2D eigenvalue weighted by molar-refractivity contribution is -0.136. The monoisotopic (exact) mass is 953 g/mol. The van der Waals surface area contributed by atoms with Crippen LogP contribution in [0.3, 0.4) is 0 Å². The maximum absolute atomic E-state index is 13.4. The van der Waals surface area contributed by atoms with Crippen molar-refractivity contribution in [3.8, 4) is 0 Å². The number of nitrogens with one attached hydrogen (secondary N) is 5. The Labute approximate surface area is 394 Å². The van der Waals surface area contributed by atoms with E-state index < -0.39 is 12.2 Å². The molecule has 4 heterocycles. The third-order valence-corrected chi connectivity index (χ3v) is 13.1. The standard InChI is InChI=1S/C44H76N10O11S/c1-45-37(55)14-8-19-52(2)21-25-64-26-22-54-34-16-20-53(31-35(60-3)43(61-4)42(34)50-51-54)40(58)15-7-13-39(57)47-18-10-24-63-28-30-65-29-27-62-23-9-17-46-38(56)12-6-5-11-36-41-33(32-66-36)48-44(59)49-41/h8,14,33,35-36,41,43H,5-7,9-13,15-32H2,1-4H3,(H,45,55)(H,46,56)(H,47,57)(H2,48,49,59)/b14-8+/t33-,35-,36-,41-,43+/m0/s1. The number of rotatable bonds is 34. The zero-order chi connectivity index (χ0) is 47.4. The Morgan fingerprint density at radius 1 is 0.848 bits per heavy atom. The lowest BCUT2D eigenvalue weighted by Gasteiger charge is -2.33. The number of ether oxygens (including phenoxy) is 6. The van der Waals surface area contributed by atoms with Gasteiger partial charge in [-0.15, -0.1) is 5.10 Å². The Hall–Kier alpha value is -3.90. The summed E-state index contributed by atoms with van der Waals surface area (Å²) in [4.78, 5) is 64.8. The first-order chi connectivity index (χ1) is 32.1. The zero-order valence-corrected chi connectivity index (χ0v) is 40.4. The molecule has 66 heavy (non-hydrogen) atoms. The molecule has 3 aliphatic rings. The van der Waals surface area contributed by atoms with Crippen LogP contribution >= 0.6 is 11.8 Å². The minimum absolute atomic E-state index is 0.0566. The summed E-state index contributed by atoms with van der Waals surface area (Å²) in [7, 11) is 6.73. The fourth-order valence-electron chi connectivity index (χ4n) is 7.86. The number of urea groups is 1. The second-order valence-corrected chi connectivity index (χ2v) is 17.8. The van der Waals surface area contributed by atoms with Gasteiger partial charge in [0.25, 0.3) is 0 Å². The summed E-state index contributed by atoms with van der Waals surface area (Å²) in [5.41, 5.74) is 1.56. The number of fused-ring (bicyclic) bond motifs is 2. The summed E-state index contributed by atoms with van der Waals surface area (Å²) in [6.07, 6.45) is 8.48. The SMILES string of the molecule is CNC(=O)/C=C/CN(C)CCOCCn1nnc2c1CCN(C(=O)CCCC(=O)NCCCOCCOCCOCCCNC(=O)CCCC[C@@H]1SC[C@@H]3NC(=O)N[C@@H]31)C[C@H](OC)[C@H]2OC. The zero-order valence-electron chi connectivity index (χ0n) is 39.6. The molecule has 3 aliphatic heterocycles. The predicted octanol–water partition coefficient (Wildman–Crippen LogP) is 0.574. The van der Waals surface area contributed by atoms with E-state index in [0.29, 0.717) is 135 Å². The quantitative estimate of drug-likeness (QED) is 0.0361. The third-order valence-electron chi connectivity index (χ3n) is 11.6. The molecule has 1 aromatic heterocycles. The number of hydrogen-bond acceptors (Lipinski definition) is 15. The van der Waals surface area contributed by atoms with E-state index in [1.807, 2.05) is 18.8 Å². The van der Waals surface area contributed by atoms with Gasteiger partial charge in [-0.25, -0.2) is 9.48 Å². The summed E-state index contributed by atoms with van der Waals surface area (Å²) >= 11 is 1.90. The number of carbonyl (C=O) groups is 5. The normalized spacial score (nSPS) is 20.4. The first-order valence-electron chi connectivity index (χ1n) is 23.5. The highest BCUT2D eigenvalue weighted by molar-refractivity contribution is 8.00. The molecule has 0 radical (unpaired) electrons. The molecule has 0 saturated carbocycles. The fraction of sp³-hybridized carbons (Fsp3) is 0.795. The Balaban J connectivity index is 0.957. The molecule has 5 N–H and O–H groups in total. The first-order valence-corrected chi connectivity index (χ1v) is 24.5. The maximum atomic E-state index is 13.4. The van der Waals surface area contributed by atoms with Crippen molar-refractivity contribution in [2.75, 3.05) is 126 Å². The molecule has 0 bridgehead atoms. The molecular weight excluding hydrogens is 877 g/mol. The molecule has 5 atom stereocenters. The number of hydrogen-bond donors (Lipinski definition) is 5. The van der Waals surface area contributed by atoms with E-state index in [4.69, 9.17) is 28.4 Å². The minimum atomic E-state index is -0.515. The van der Waals surface area contributed by atoms with Crippen molar-refractivity contribution in [1.82, 2.24) is 51.4 Å². The van der Waals surface area contributed by atoms with Crippen LogP contribution in [0.25, 0.3) is 0 Å². The van der Waals surface area contributed by atoms with E-state index in [-0.39, 0.29) is 54.6 Å². The smallest absolute Gasteiger partial charge is 0.315 e. The second kappa shape index (κ2) is 32.0. The highest BCUT2D eigenvalue weighted by Crippen LogP contribution is 2.33. The summed E-state index contributed by atoms with van der Waals surface area (Å²) in [5.74, 6) is 0.711. The number of amides is 6. The minimum Gasteiger partial charge on any atom is -0.379 e. The third kappa shape index (κ3) is 20.1. The molecular formula is C44H76N10O11S. The van der Waals surface area contributed by atoms with E-state index in [1.165, 1.54) is 6.08 Å². The van der Waals surface area contributed by atoms with Gasteiger partial charge in [0.05, 0.1) is 64.0 Å². The first kappa shape index (κ1) is 54.7. The average Bonchev–Trinajstić information content (AvgIpc) is 3.99. The maximum Gasteiger partial charge on any atom is 0.315 e. The van der Waals surface area contributed by atoms with E-state index in [2.05, 4.69) is 41.8 Å². The number of thioether (sulfide) groups is 1. The molecule has 6 amide bonds. The van der Waals surface area contributed by atoms with Gasteiger partial charge >= 0.3 is 6.03 Å². The molecule has 2 fully saturated rings. The van der Waals surface area contributed by atoms with Crippen LogP contribution in [0.15, 0.2) is 12.2 Å². The highest BCUT2D eigenvalue weighted by atomic mass is 32.2. The number of likely N-dealkylation sites (N-methyl/N-ethyl adjacent to an activating group) is 2. The van der Waals surface area contributed by atoms with Gasteiger partial charge in [0.1, 0.15) is 17.9 Å². The van der Waals surface area contributed by atoms with Crippen molar-refractivity contribution < 1.29 is 52.4 Å². The number of aromatic nitrogens is 3. The summed E-state index contributed by atoms with van der Waals surface area (Å²) in [6, 6.07) is 0.379. The van der Waals surface area contributed by atoms with Gasteiger partial charge < -0.3 is 64.8 Å². The number of methoxy groups -OCH3 is 2. The van der Waals surface area contributed by atoms with Crippen LogP contribution in [0.1, 0.15) is 75.3 Å². The number of unbranched alkanes of at least 4 members (excludes halogenated alkanes) is 1. The summed E-state index contributed by atoms with van der Waals surface area (Å²) < 4.78 is 36.1. The predicted molar refractivity (Wildman–Crippen MR) is 248 cm³/mol. The van der Waals surface area contributed by atoms with Crippen LogP contribution in [0.5, 0.6) is 0 Å². The Bertz CT molecular complexity index is 1640. The van der Waals surface area contributed by atoms with Crippen molar-refractivity contribution in [3.05, 3.63) is 23.5 Å². The topological polar surface area (TPSA) is 238 Å². The van der Waals surface area contributed by atoms with E-state index in [1.54, 1.807) is 36.9 Å². The summed E-state index contributed by atoms with van der Waals surface area (Å²) in [6.45, 7) is 7.40. The molecule has 4 rings (SSSR count). The molecule has 0 aliphatic carbocycles. The fourth-order valence-corrected chi connectivity index (χ4v) is 9.40. The molecule has 2 saturated heterocycles. The van der Waals surface area contributed by atoms with Crippen molar-refractivity contribution in [2.45, 2.75) is 100 Å². The molecule has 1 aromatic rings. The van der Waals surface area contributed by atoms with Crippen LogP contribution < -0.4 is 26.6 Å². The van der Waals surface area contributed by atoms with E-state index in [9.17, 15) is 24.0 Å². The van der Waals surface area contributed by atoms with Gasteiger partial charge in [-0.1, -0.05) is 17.7 Å². The molecule has 22 heteroatoms. The van der Waals surface area contributed by atoms with Crippen molar-refractivity contribution in [2.24, 2.45) is 0 Å². The second-order valence-electron chi connectivity index (χ2n) is 16.5. The van der Waals surface area contributed by atoms with Gasteiger partial charge in [0.2, 0.25) is 23.6 Å². The van der Waals surface area contributed by atoms with Gasteiger partial charge in [-0.05, 0) is 39.2 Å². The Kier molecular flexibility index (Phi) is 26.5. The van der Waals surface area contributed by atoms with Crippen molar-refractivity contribution in [1.29, 1.82) is 0 Å². The van der Waals surface area contributed by atoms with E-state index >= 15 is 0 Å². The van der Waals surface area contributed by atoms with Gasteiger partial charge in [0.15, 0.2) is 0 Å². The molecule has 0 spiro atoms. The lowest BCUT2D eigenvalue weighted by atomic mass is 10.0. The largest absolute Gasteiger partial charge is 0.379 e. The van der Waals surface area contributed by atoms with Crippen LogP contribution in [0, 0.1) is 0 Å². The van der Waals surface area contributed by atoms with Gasteiger partial charge in [0, 0.05) is 117 Å². The number of carbonyl (C=O) groups excluding carboxylic acids is 5. The Morgan fingerprint density at radius 3 is 2.21 bits per heavy atom. The average molecular weight is 953 g/mol. The van der Waals surface area contributed by atoms with Crippen LogP contribution in [0.4, 0.5) is 4.79 Å². The van der Waals surface area contributed by atoms with E-state index in [0.717, 1.165) is 37.1 Å². The molecule has 0 unspecified atom stereocenters. The number of nitrogens with zero attached hydrogens (tertiary/aromatic N) is 5. The molecule has 0 aromatic carbocycles. The van der Waals surface area contributed by atoms with Crippen molar-refractivity contribution in [3.63, 3.8) is 0 Å².